The molecule has 0 spiro atoms. The summed E-state index contributed by atoms with van der Waals surface area (Å²) in [5.74, 6) is 0.00924. The van der Waals surface area contributed by atoms with Crippen molar-refractivity contribution in [3.8, 4) is 0 Å². The van der Waals surface area contributed by atoms with Gasteiger partial charge in [0.2, 0.25) is 5.91 Å². The summed E-state index contributed by atoms with van der Waals surface area (Å²) in [4.78, 5) is 11.7. The summed E-state index contributed by atoms with van der Waals surface area (Å²) >= 11 is 3.39. The predicted octanol–water partition coefficient (Wildman–Crippen LogP) is 2.77. The first-order chi connectivity index (χ1) is 7.49. The molecule has 1 amide bonds. The average molecular weight is 285 g/mol. The smallest absolute Gasteiger partial charge is 0.242 e. The molecule has 3 nitrogen and oxygen atoms in total. The third kappa shape index (κ3) is 4.23. The van der Waals surface area contributed by atoms with Gasteiger partial charge in [0.15, 0.2) is 0 Å². The van der Waals surface area contributed by atoms with Crippen LogP contribution in [0.15, 0.2) is 28.7 Å². The minimum atomic E-state index is -0.239. The minimum absolute atomic E-state index is 0.00924. The van der Waals surface area contributed by atoms with Gasteiger partial charge in [-0.3, -0.25) is 4.79 Å². The molecule has 0 saturated carbocycles. The topological polar surface area (TPSA) is 41.1 Å². The van der Waals surface area contributed by atoms with Crippen LogP contribution in [-0.4, -0.2) is 18.0 Å². The number of anilines is 1. The van der Waals surface area contributed by atoms with Crippen molar-refractivity contribution in [2.75, 3.05) is 5.32 Å². The number of carbonyl (C=O) groups excluding carboxylic acids is 1. The van der Waals surface area contributed by atoms with Crippen molar-refractivity contribution in [2.24, 2.45) is 0 Å². The second-order valence-electron chi connectivity index (χ2n) is 4.04. The number of benzene rings is 1. The van der Waals surface area contributed by atoms with Crippen LogP contribution in [0.1, 0.15) is 20.8 Å². The summed E-state index contributed by atoms with van der Waals surface area (Å²) in [6.45, 7) is 5.74. The van der Waals surface area contributed by atoms with Gasteiger partial charge >= 0.3 is 0 Å². The standard InChI is InChI=1S/C12H17BrN2O/c1-8(2)14-12(16)9(3)15-11-6-4-5-10(13)7-11/h4-9,15H,1-3H3,(H,14,16). The Labute approximate surface area is 105 Å². The number of nitrogens with one attached hydrogen (secondary N) is 2. The summed E-state index contributed by atoms with van der Waals surface area (Å²) in [5, 5.41) is 6.01. The van der Waals surface area contributed by atoms with Crippen molar-refractivity contribution in [2.45, 2.75) is 32.9 Å². The van der Waals surface area contributed by atoms with Crippen LogP contribution in [0.25, 0.3) is 0 Å². The van der Waals surface area contributed by atoms with Crippen LogP contribution in [0.5, 0.6) is 0 Å². The van der Waals surface area contributed by atoms with Crippen molar-refractivity contribution in [1.29, 1.82) is 0 Å². The van der Waals surface area contributed by atoms with E-state index in [4.69, 9.17) is 0 Å². The zero-order chi connectivity index (χ0) is 12.1. The number of carbonyl (C=O) groups is 1. The molecular weight excluding hydrogens is 268 g/mol. The van der Waals surface area contributed by atoms with Gasteiger partial charge in [-0.15, -0.1) is 0 Å². The van der Waals surface area contributed by atoms with Crippen molar-refractivity contribution < 1.29 is 4.79 Å². The van der Waals surface area contributed by atoms with E-state index in [1.54, 1.807) is 0 Å². The van der Waals surface area contributed by atoms with Crippen LogP contribution in [-0.2, 0) is 4.79 Å². The molecule has 0 saturated heterocycles. The van der Waals surface area contributed by atoms with E-state index in [-0.39, 0.29) is 18.0 Å². The maximum atomic E-state index is 11.7. The van der Waals surface area contributed by atoms with Gasteiger partial charge in [0.05, 0.1) is 0 Å². The van der Waals surface area contributed by atoms with Gasteiger partial charge in [0.25, 0.3) is 0 Å². The summed E-state index contributed by atoms with van der Waals surface area (Å²) in [6, 6.07) is 7.68. The van der Waals surface area contributed by atoms with Crippen LogP contribution >= 0.6 is 15.9 Å². The Morgan fingerprint density at radius 3 is 2.56 bits per heavy atom. The molecule has 1 unspecified atom stereocenters. The van der Waals surface area contributed by atoms with E-state index in [1.807, 2.05) is 45.0 Å². The SMILES string of the molecule is CC(C)NC(=O)C(C)Nc1cccc(Br)c1. The minimum Gasteiger partial charge on any atom is -0.374 e. The highest BCUT2D eigenvalue weighted by Crippen LogP contribution is 2.16. The van der Waals surface area contributed by atoms with E-state index in [0.717, 1.165) is 10.2 Å². The zero-order valence-corrected chi connectivity index (χ0v) is 11.3. The lowest BCUT2D eigenvalue weighted by Gasteiger charge is -2.17. The number of amides is 1. The maximum absolute atomic E-state index is 11.7. The molecule has 0 aromatic heterocycles. The van der Waals surface area contributed by atoms with Crippen LogP contribution in [0, 0.1) is 0 Å². The summed E-state index contributed by atoms with van der Waals surface area (Å²) < 4.78 is 0.994. The van der Waals surface area contributed by atoms with E-state index >= 15 is 0 Å². The van der Waals surface area contributed by atoms with Crippen molar-refractivity contribution in [3.63, 3.8) is 0 Å². The lowest BCUT2D eigenvalue weighted by atomic mass is 10.2. The van der Waals surface area contributed by atoms with E-state index < -0.39 is 0 Å². The second kappa shape index (κ2) is 5.89. The Morgan fingerprint density at radius 1 is 1.31 bits per heavy atom. The molecular formula is C12H17BrN2O. The molecule has 1 rings (SSSR count). The van der Waals surface area contributed by atoms with Crippen LogP contribution in [0.3, 0.4) is 0 Å². The lowest BCUT2D eigenvalue weighted by Crippen LogP contribution is -2.40. The Morgan fingerprint density at radius 2 is 2.00 bits per heavy atom. The van der Waals surface area contributed by atoms with Gasteiger partial charge in [-0.05, 0) is 39.0 Å². The quantitative estimate of drug-likeness (QED) is 0.893. The van der Waals surface area contributed by atoms with Gasteiger partial charge in [0, 0.05) is 16.2 Å². The highest BCUT2D eigenvalue weighted by molar-refractivity contribution is 9.10. The molecule has 4 heteroatoms. The van der Waals surface area contributed by atoms with Gasteiger partial charge in [-0.2, -0.15) is 0 Å². The number of halogens is 1. The molecule has 2 N–H and O–H groups in total. The van der Waals surface area contributed by atoms with Gasteiger partial charge in [-0.1, -0.05) is 22.0 Å². The normalized spacial score (nSPS) is 12.3. The molecule has 16 heavy (non-hydrogen) atoms. The van der Waals surface area contributed by atoms with Crippen LogP contribution < -0.4 is 10.6 Å². The monoisotopic (exact) mass is 284 g/mol. The molecule has 0 aliphatic rings. The third-order valence-corrected chi connectivity index (χ3v) is 2.53. The zero-order valence-electron chi connectivity index (χ0n) is 9.75. The third-order valence-electron chi connectivity index (χ3n) is 2.03. The molecule has 0 heterocycles. The molecule has 0 bridgehead atoms. The Kier molecular flexibility index (Phi) is 4.80. The van der Waals surface area contributed by atoms with E-state index in [1.165, 1.54) is 0 Å². The molecule has 0 fully saturated rings. The molecule has 1 aromatic carbocycles. The average Bonchev–Trinajstić information content (AvgIpc) is 2.16. The van der Waals surface area contributed by atoms with Crippen LogP contribution in [0.2, 0.25) is 0 Å². The molecule has 0 radical (unpaired) electrons. The number of hydrogen-bond donors (Lipinski definition) is 2. The Bertz CT molecular complexity index is 366. The summed E-state index contributed by atoms with van der Waals surface area (Å²) in [6.07, 6.45) is 0. The largest absolute Gasteiger partial charge is 0.374 e. The Hall–Kier alpha value is -1.03. The van der Waals surface area contributed by atoms with Crippen molar-refractivity contribution in [3.05, 3.63) is 28.7 Å². The Balaban J connectivity index is 2.57. The van der Waals surface area contributed by atoms with E-state index in [2.05, 4.69) is 26.6 Å². The lowest BCUT2D eigenvalue weighted by molar-refractivity contribution is -0.122. The number of hydrogen-bond acceptors (Lipinski definition) is 2. The van der Waals surface area contributed by atoms with Crippen molar-refractivity contribution in [1.82, 2.24) is 5.32 Å². The molecule has 1 atom stereocenters. The molecule has 88 valence electrons. The van der Waals surface area contributed by atoms with E-state index in [9.17, 15) is 4.79 Å². The first-order valence-corrected chi connectivity index (χ1v) is 6.11. The molecule has 0 aliphatic heterocycles. The van der Waals surface area contributed by atoms with Gasteiger partial charge in [-0.25, -0.2) is 0 Å². The summed E-state index contributed by atoms with van der Waals surface area (Å²) in [7, 11) is 0. The fourth-order valence-electron chi connectivity index (χ4n) is 1.30. The van der Waals surface area contributed by atoms with Gasteiger partial charge in [0.1, 0.15) is 6.04 Å². The maximum Gasteiger partial charge on any atom is 0.242 e. The fraction of sp³-hybridized carbons (Fsp3) is 0.417. The van der Waals surface area contributed by atoms with Gasteiger partial charge < -0.3 is 10.6 Å². The van der Waals surface area contributed by atoms with Crippen molar-refractivity contribution >= 4 is 27.5 Å². The predicted molar refractivity (Wildman–Crippen MR) is 70.5 cm³/mol. The number of rotatable bonds is 4. The van der Waals surface area contributed by atoms with Crippen LogP contribution in [0.4, 0.5) is 5.69 Å². The summed E-state index contributed by atoms with van der Waals surface area (Å²) in [5.41, 5.74) is 0.931. The highest BCUT2D eigenvalue weighted by atomic mass is 79.9. The first-order valence-electron chi connectivity index (χ1n) is 5.31. The fourth-order valence-corrected chi connectivity index (χ4v) is 1.70. The molecule has 1 aromatic rings. The first kappa shape index (κ1) is 13.0. The molecule has 0 aliphatic carbocycles. The van der Waals surface area contributed by atoms with E-state index in [0.29, 0.717) is 0 Å². The highest BCUT2D eigenvalue weighted by Gasteiger charge is 2.12. The second-order valence-corrected chi connectivity index (χ2v) is 4.96.